The molecule has 0 aromatic heterocycles. The molecule has 0 bridgehead atoms. The van der Waals surface area contributed by atoms with Crippen molar-refractivity contribution in [2.24, 2.45) is 5.10 Å². The Bertz CT molecular complexity index is 761. The molecular formula is C16H15F2N3O2. The minimum Gasteiger partial charge on any atom is -0.505 e. The van der Waals surface area contributed by atoms with Crippen molar-refractivity contribution in [2.45, 2.75) is 0 Å². The summed E-state index contributed by atoms with van der Waals surface area (Å²) in [5.74, 6) is -3.26. The number of phenolic OH excluding ortho intramolecular Hbond substituents is 1. The fourth-order valence-electron chi connectivity index (χ4n) is 1.82. The standard InChI is InChI=1S/C16H15F2N3O2/c1-21(2)11-5-3-4-10(8-11)16(23)20-19-9-12-13(17)6-7-14(22)15(12)18/h3-9,22H,1-2H3,(H,20,23). The van der Waals surface area contributed by atoms with Crippen LogP contribution in [0.1, 0.15) is 15.9 Å². The van der Waals surface area contributed by atoms with Crippen LogP contribution in [0.5, 0.6) is 5.75 Å². The second-order valence-corrected chi connectivity index (χ2v) is 4.94. The number of aromatic hydroxyl groups is 1. The molecule has 2 aromatic rings. The van der Waals surface area contributed by atoms with Crippen molar-refractivity contribution < 1.29 is 18.7 Å². The number of halogens is 2. The number of carbonyl (C=O) groups is 1. The molecular weight excluding hydrogens is 304 g/mol. The number of nitrogens with one attached hydrogen (secondary N) is 1. The van der Waals surface area contributed by atoms with Gasteiger partial charge in [-0.1, -0.05) is 6.07 Å². The number of hydrogen-bond acceptors (Lipinski definition) is 4. The zero-order valence-electron chi connectivity index (χ0n) is 12.5. The third kappa shape index (κ3) is 3.82. The third-order valence-electron chi connectivity index (χ3n) is 3.09. The van der Waals surface area contributed by atoms with Crippen LogP contribution in [-0.4, -0.2) is 31.3 Å². The van der Waals surface area contributed by atoms with Crippen molar-refractivity contribution in [1.29, 1.82) is 0 Å². The fraction of sp³-hybridized carbons (Fsp3) is 0.125. The lowest BCUT2D eigenvalue weighted by molar-refractivity contribution is 0.0955. The van der Waals surface area contributed by atoms with Crippen LogP contribution >= 0.6 is 0 Å². The summed E-state index contributed by atoms with van der Waals surface area (Å²) in [6.07, 6.45) is 0.804. The van der Waals surface area contributed by atoms with Crippen molar-refractivity contribution in [2.75, 3.05) is 19.0 Å². The molecule has 0 fully saturated rings. The van der Waals surface area contributed by atoms with Crippen LogP contribution in [0.4, 0.5) is 14.5 Å². The molecule has 1 amide bonds. The van der Waals surface area contributed by atoms with Gasteiger partial charge in [0.2, 0.25) is 0 Å². The summed E-state index contributed by atoms with van der Waals surface area (Å²) in [6, 6.07) is 8.59. The summed E-state index contributed by atoms with van der Waals surface area (Å²) < 4.78 is 27.0. The Labute approximate surface area is 131 Å². The lowest BCUT2D eigenvalue weighted by Gasteiger charge is -2.12. The average Bonchev–Trinajstić information content (AvgIpc) is 2.54. The maximum Gasteiger partial charge on any atom is 0.271 e. The van der Waals surface area contributed by atoms with Crippen LogP contribution in [0.15, 0.2) is 41.5 Å². The summed E-state index contributed by atoms with van der Waals surface area (Å²) in [4.78, 5) is 13.8. The minimum absolute atomic E-state index is 0.352. The van der Waals surface area contributed by atoms with E-state index in [1.807, 2.05) is 25.1 Å². The van der Waals surface area contributed by atoms with Crippen LogP contribution in [0, 0.1) is 11.6 Å². The van der Waals surface area contributed by atoms with E-state index in [0.29, 0.717) is 5.56 Å². The van der Waals surface area contributed by atoms with E-state index in [1.54, 1.807) is 18.2 Å². The first-order valence-corrected chi connectivity index (χ1v) is 6.68. The molecule has 0 aliphatic heterocycles. The van der Waals surface area contributed by atoms with Crippen molar-refractivity contribution >= 4 is 17.8 Å². The van der Waals surface area contributed by atoms with E-state index >= 15 is 0 Å². The highest BCUT2D eigenvalue weighted by atomic mass is 19.1. The largest absolute Gasteiger partial charge is 0.505 e. The molecule has 0 aliphatic carbocycles. The van der Waals surface area contributed by atoms with Crippen LogP contribution in [0.3, 0.4) is 0 Å². The van der Waals surface area contributed by atoms with Gasteiger partial charge in [-0.2, -0.15) is 5.10 Å². The minimum atomic E-state index is -1.14. The second-order valence-electron chi connectivity index (χ2n) is 4.94. The highest BCUT2D eigenvalue weighted by molar-refractivity contribution is 5.95. The van der Waals surface area contributed by atoms with E-state index in [9.17, 15) is 18.7 Å². The predicted octanol–water partition coefficient (Wildman–Crippen LogP) is 2.50. The van der Waals surface area contributed by atoms with E-state index in [0.717, 1.165) is 24.0 Å². The highest BCUT2D eigenvalue weighted by Gasteiger charge is 2.11. The summed E-state index contributed by atoms with van der Waals surface area (Å²) in [5.41, 5.74) is 2.83. The Hall–Kier alpha value is -2.96. The molecule has 0 radical (unpaired) electrons. The monoisotopic (exact) mass is 319 g/mol. The summed E-state index contributed by atoms with van der Waals surface area (Å²) in [6.45, 7) is 0. The lowest BCUT2D eigenvalue weighted by Crippen LogP contribution is -2.18. The molecule has 5 nitrogen and oxygen atoms in total. The number of benzene rings is 2. The van der Waals surface area contributed by atoms with Gasteiger partial charge >= 0.3 is 0 Å². The van der Waals surface area contributed by atoms with Gasteiger partial charge in [-0.15, -0.1) is 0 Å². The van der Waals surface area contributed by atoms with Crippen LogP contribution in [0.2, 0.25) is 0 Å². The molecule has 0 atom stereocenters. The predicted molar refractivity (Wildman–Crippen MR) is 83.9 cm³/mol. The van der Waals surface area contributed by atoms with Crippen LogP contribution in [0.25, 0.3) is 0 Å². The molecule has 0 saturated heterocycles. The number of anilines is 1. The van der Waals surface area contributed by atoms with E-state index in [1.165, 1.54) is 0 Å². The second kappa shape index (κ2) is 6.87. The number of carbonyl (C=O) groups excluding carboxylic acids is 1. The zero-order valence-corrected chi connectivity index (χ0v) is 12.5. The third-order valence-corrected chi connectivity index (χ3v) is 3.09. The van der Waals surface area contributed by atoms with Crippen molar-refractivity contribution in [3.63, 3.8) is 0 Å². The Morgan fingerprint density at radius 3 is 2.70 bits per heavy atom. The topological polar surface area (TPSA) is 64.9 Å². The SMILES string of the molecule is CN(C)c1cccc(C(=O)NN=Cc2c(F)ccc(O)c2F)c1. The van der Waals surface area contributed by atoms with Gasteiger partial charge in [0, 0.05) is 25.3 Å². The lowest BCUT2D eigenvalue weighted by atomic mass is 10.2. The Balaban J connectivity index is 2.13. The molecule has 2 rings (SSSR count). The normalized spacial score (nSPS) is 10.8. The molecule has 0 saturated carbocycles. The smallest absolute Gasteiger partial charge is 0.271 e. The Morgan fingerprint density at radius 1 is 1.26 bits per heavy atom. The zero-order chi connectivity index (χ0) is 17.0. The number of hydrogen-bond donors (Lipinski definition) is 2. The first kappa shape index (κ1) is 16.4. The number of hydrazone groups is 1. The molecule has 0 heterocycles. The molecule has 7 heteroatoms. The van der Waals surface area contributed by atoms with Gasteiger partial charge in [0.25, 0.3) is 5.91 Å². The van der Waals surface area contributed by atoms with Crippen LogP contribution in [-0.2, 0) is 0 Å². The molecule has 2 aromatic carbocycles. The fourth-order valence-corrected chi connectivity index (χ4v) is 1.82. The van der Waals surface area contributed by atoms with Crippen molar-refractivity contribution in [3.8, 4) is 5.75 Å². The van der Waals surface area contributed by atoms with E-state index in [-0.39, 0.29) is 0 Å². The number of nitrogens with zero attached hydrogens (tertiary/aromatic N) is 2. The van der Waals surface area contributed by atoms with Crippen molar-refractivity contribution in [1.82, 2.24) is 5.43 Å². The van der Waals surface area contributed by atoms with E-state index < -0.39 is 28.9 Å². The van der Waals surface area contributed by atoms with Gasteiger partial charge in [0.15, 0.2) is 11.6 Å². The highest BCUT2D eigenvalue weighted by Crippen LogP contribution is 2.20. The van der Waals surface area contributed by atoms with Gasteiger partial charge < -0.3 is 10.0 Å². The summed E-state index contributed by atoms with van der Waals surface area (Å²) in [5, 5.41) is 12.7. The molecule has 2 N–H and O–H groups in total. The first-order chi connectivity index (χ1) is 10.9. The van der Waals surface area contributed by atoms with E-state index in [2.05, 4.69) is 10.5 Å². The maximum absolute atomic E-state index is 13.6. The quantitative estimate of drug-likeness (QED) is 0.672. The van der Waals surface area contributed by atoms with E-state index in [4.69, 9.17) is 0 Å². The van der Waals surface area contributed by atoms with Gasteiger partial charge in [-0.3, -0.25) is 4.79 Å². The Kier molecular flexibility index (Phi) is 4.90. The van der Waals surface area contributed by atoms with Crippen LogP contribution < -0.4 is 10.3 Å². The van der Waals surface area contributed by atoms with Gasteiger partial charge in [-0.25, -0.2) is 14.2 Å². The molecule has 0 unspecified atom stereocenters. The number of phenols is 1. The average molecular weight is 319 g/mol. The molecule has 0 aliphatic rings. The van der Waals surface area contributed by atoms with Gasteiger partial charge in [0.05, 0.1) is 11.8 Å². The van der Waals surface area contributed by atoms with Crippen molar-refractivity contribution in [3.05, 3.63) is 59.2 Å². The van der Waals surface area contributed by atoms with Gasteiger partial charge in [-0.05, 0) is 30.3 Å². The first-order valence-electron chi connectivity index (χ1n) is 6.68. The molecule has 0 spiro atoms. The molecule has 120 valence electrons. The maximum atomic E-state index is 13.6. The summed E-state index contributed by atoms with van der Waals surface area (Å²) in [7, 11) is 3.67. The van der Waals surface area contributed by atoms with Gasteiger partial charge in [0.1, 0.15) is 5.82 Å². The molecule has 23 heavy (non-hydrogen) atoms. The number of amides is 1. The number of rotatable bonds is 4. The Morgan fingerprint density at radius 2 is 2.00 bits per heavy atom. The summed E-state index contributed by atoms with van der Waals surface area (Å²) >= 11 is 0.